The Morgan fingerprint density at radius 3 is 2.44 bits per heavy atom. The van der Waals surface area contributed by atoms with Crippen LogP contribution in [0.3, 0.4) is 0 Å². The van der Waals surface area contributed by atoms with Crippen LogP contribution in [0.5, 0.6) is 0 Å². The molecule has 2 heterocycles. The number of alkyl halides is 3. The van der Waals surface area contributed by atoms with Gasteiger partial charge in [0.25, 0.3) is 0 Å². The lowest BCUT2D eigenvalue weighted by molar-refractivity contribution is -0.141. The minimum Gasteiger partial charge on any atom is -0.317 e. The fourth-order valence-electron chi connectivity index (χ4n) is 2.32. The van der Waals surface area contributed by atoms with Crippen LogP contribution < -0.4 is 5.32 Å². The molecular formula is C12H18F3N3. The van der Waals surface area contributed by atoms with E-state index in [0.717, 1.165) is 25.9 Å². The van der Waals surface area contributed by atoms with Gasteiger partial charge >= 0.3 is 6.18 Å². The van der Waals surface area contributed by atoms with Crippen LogP contribution in [0.15, 0.2) is 6.07 Å². The standard InChI is InChI=1S/C12H18F3N3/c1-8(2)10-7-11(12(13,14)15)17-18(10)9-3-5-16-6-4-9/h7-9,16H,3-6H2,1-2H3. The summed E-state index contributed by atoms with van der Waals surface area (Å²) >= 11 is 0. The van der Waals surface area contributed by atoms with Crippen molar-refractivity contribution in [2.24, 2.45) is 0 Å². The molecule has 0 aromatic carbocycles. The van der Waals surface area contributed by atoms with Crippen molar-refractivity contribution < 1.29 is 13.2 Å². The number of hydrogen-bond donors (Lipinski definition) is 1. The molecule has 0 saturated carbocycles. The van der Waals surface area contributed by atoms with E-state index in [1.165, 1.54) is 6.07 Å². The van der Waals surface area contributed by atoms with Crippen LogP contribution in [0.25, 0.3) is 0 Å². The average molecular weight is 261 g/mol. The maximum Gasteiger partial charge on any atom is 0.435 e. The highest BCUT2D eigenvalue weighted by Gasteiger charge is 2.36. The zero-order valence-electron chi connectivity index (χ0n) is 10.6. The van der Waals surface area contributed by atoms with Gasteiger partial charge in [-0.2, -0.15) is 18.3 Å². The lowest BCUT2D eigenvalue weighted by Gasteiger charge is -2.25. The summed E-state index contributed by atoms with van der Waals surface area (Å²) in [6, 6.07) is 1.27. The molecule has 1 N–H and O–H groups in total. The maximum absolute atomic E-state index is 12.7. The van der Waals surface area contributed by atoms with Crippen LogP contribution >= 0.6 is 0 Å². The predicted octanol–water partition coefficient (Wildman–Crippen LogP) is 2.95. The van der Waals surface area contributed by atoms with E-state index in [2.05, 4.69) is 10.4 Å². The highest BCUT2D eigenvalue weighted by Crippen LogP contribution is 2.33. The number of nitrogens with one attached hydrogen (secondary N) is 1. The van der Waals surface area contributed by atoms with E-state index < -0.39 is 11.9 Å². The molecule has 0 bridgehead atoms. The van der Waals surface area contributed by atoms with Gasteiger partial charge in [-0.05, 0) is 37.9 Å². The molecule has 1 aliphatic rings. The molecule has 2 rings (SSSR count). The van der Waals surface area contributed by atoms with E-state index in [0.29, 0.717) is 5.69 Å². The molecule has 1 saturated heterocycles. The van der Waals surface area contributed by atoms with E-state index >= 15 is 0 Å². The van der Waals surface area contributed by atoms with Crippen LogP contribution in [0, 0.1) is 0 Å². The average Bonchev–Trinajstić information content (AvgIpc) is 2.74. The van der Waals surface area contributed by atoms with E-state index in [4.69, 9.17) is 0 Å². The fraction of sp³-hybridized carbons (Fsp3) is 0.750. The van der Waals surface area contributed by atoms with Crippen molar-refractivity contribution in [3.05, 3.63) is 17.5 Å². The van der Waals surface area contributed by atoms with E-state index in [-0.39, 0.29) is 12.0 Å². The molecule has 0 atom stereocenters. The Labute approximate surface area is 104 Å². The number of piperidine rings is 1. The van der Waals surface area contributed by atoms with Crippen molar-refractivity contribution >= 4 is 0 Å². The van der Waals surface area contributed by atoms with Gasteiger partial charge in [-0.3, -0.25) is 4.68 Å². The number of hydrogen-bond acceptors (Lipinski definition) is 2. The molecule has 3 nitrogen and oxygen atoms in total. The lowest BCUT2D eigenvalue weighted by Crippen LogP contribution is -2.30. The molecule has 0 unspecified atom stereocenters. The molecule has 0 spiro atoms. The van der Waals surface area contributed by atoms with Gasteiger partial charge in [0, 0.05) is 5.69 Å². The first-order valence-corrected chi connectivity index (χ1v) is 6.27. The third kappa shape index (κ3) is 2.68. The fourth-order valence-corrected chi connectivity index (χ4v) is 2.32. The zero-order chi connectivity index (χ0) is 13.3. The number of rotatable bonds is 2. The molecule has 102 valence electrons. The topological polar surface area (TPSA) is 29.9 Å². The summed E-state index contributed by atoms with van der Waals surface area (Å²) in [4.78, 5) is 0. The SMILES string of the molecule is CC(C)c1cc(C(F)(F)F)nn1C1CCNCC1. The summed E-state index contributed by atoms with van der Waals surface area (Å²) in [5.41, 5.74) is -0.0982. The van der Waals surface area contributed by atoms with Crippen LogP contribution in [-0.4, -0.2) is 22.9 Å². The van der Waals surface area contributed by atoms with Crippen molar-refractivity contribution in [1.29, 1.82) is 0 Å². The Bertz CT molecular complexity index is 403. The molecule has 0 radical (unpaired) electrons. The van der Waals surface area contributed by atoms with Gasteiger partial charge in [0.1, 0.15) is 0 Å². The molecule has 1 aliphatic heterocycles. The highest BCUT2D eigenvalue weighted by molar-refractivity contribution is 5.17. The Balaban J connectivity index is 2.34. The second-order valence-electron chi connectivity index (χ2n) is 5.03. The normalized spacial score (nSPS) is 18.6. The van der Waals surface area contributed by atoms with Crippen molar-refractivity contribution in [3.63, 3.8) is 0 Å². The first kappa shape index (κ1) is 13.4. The lowest BCUT2D eigenvalue weighted by atomic mass is 10.0. The Hall–Kier alpha value is -1.04. The Morgan fingerprint density at radius 1 is 1.33 bits per heavy atom. The number of aromatic nitrogens is 2. The second-order valence-corrected chi connectivity index (χ2v) is 5.03. The first-order chi connectivity index (χ1) is 8.39. The van der Waals surface area contributed by atoms with E-state index in [1.807, 2.05) is 13.8 Å². The molecule has 18 heavy (non-hydrogen) atoms. The first-order valence-electron chi connectivity index (χ1n) is 6.27. The maximum atomic E-state index is 12.7. The molecular weight excluding hydrogens is 243 g/mol. The highest BCUT2D eigenvalue weighted by atomic mass is 19.4. The summed E-state index contributed by atoms with van der Waals surface area (Å²) < 4.78 is 39.8. The van der Waals surface area contributed by atoms with Crippen LogP contribution in [0.1, 0.15) is 50.0 Å². The van der Waals surface area contributed by atoms with Crippen molar-refractivity contribution in [3.8, 4) is 0 Å². The van der Waals surface area contributed by atoms with E-state index in [1.54, 1.807) is 4.68 Å². The smallest absolute Gasteiger partial charge is 0.317 e. The molecule has 0 aliphatic carbocycles. The van der Waals surface area contributed by atoms with E-state index in [9.17, 15) is 13.2 Å². The quantitative estimate of drug-likeness (QED) is 0.887. The molecule has 0 amide bonds. The predicted molar refractivity (Wildman–Crippen MR) is 62.5 cm³/mol. The van der Waals surface area contributed by atoms with Crippen molar-refractivity contribution in [1.82, 2.24) is 15.1 Å². The summed E-state index contributed by atoms with van der Waals surface area (Å²) in [6.45, 7) is 5.47. The van der Waals surface area contributed by atoms with Gasteiger partial charge < -0.3 is 5.32 Å². The summed E-state index contributed by atoms with van der Waals surface area (Å²) in [7, 11) is 0. The van der Waals surface area contributed by atoms with Gasteiger partial charge in [-0.1, -0.05) is 13.8 Å². The third-order valence-corrected chi connectivity index (χ3v) is 3.30. The summed E-state index contributed by atoms with van der Waals surface area (Å²) in [5.74, 6) is 0.0449. The number of nitrogens with zero attached hydrogens (tertiary/aromatic N) is 2. The second kappa shape index (κ2) is 4.91. The van der Waals surface area contributed by atoms with Gasteiger partial charge in [-0.15, -0.1) is 0 Å². The van der Waals surface area contributed by atoms with Crippen LogP contribution in [0.4, 0.5) is 13.2 Å². The van der Waals surface area contributed by atoms with Gasteiger partial charge in [-0.25, -0.2) is 0 Å². The Kier molecular flexibility index (Phi) is 3.66. The minimum absolute atomic E-state index is 0.0449. The zero-order valence-corrected chi connectivity index (χ0v) is 10.6. The van der Waals surface area contributed by atoms with Crippen molar-refractivity contribution in [2.45, 2.75) is 44.8 Å². The largest absolute Gasteiger partial charge is 0.435 e. The van der Waals surface area contributed by atoms with Crippen molar-refractivity contribution in [2.75, 3.05) is 13.1 Å². The monoisotopic (exact) mass is 261 g/mol. The molecule has 1 aromatic rings. The number of halogens is 3. The van der Waals surface area contributed by atoms with Gasteiger partial charge in [0.2, 0.25) is 0 Å². The molecule has 1 aromatic heterocycles. The van der Waals surface area contributed by atoms with Gasteiger partial charge in [0.15, 0.2) is 5.69 Å². The summed E-state index contributed by atoms with van der Waals surface area (Å²) in [5, 5.41) is 7.00. The van der Waals surface area contributed by atoms with Gasteiger partial charge in [0.05, 0.1) is 6.04 Å². The van der Waals surface area contributed by atoms with Crippen LogP contribution in [0.2, 0.25) is 0 Å². The minimum atomic E-state index is -4.36. The van der Waals surface area contributed by atoms with Crippen LogP contribution in [-0.2, 0) is 6.18 Å². The summed E-state index contributed by atoms with van der Waals surface area (Å²) in [6.07, 6.45) is -2.70. The molecule has 1 fully saturated rings. The molecule has 6 heteroatoms. The Morgan fingerprint density at radius 2 is 1.94 bits per heavy atom. The third-order valence-electron chi connectivity index (χ3n) is 3.30.